The van der Waals surface area contributed by atoms with Gasteiger partial charge in [0.2, 0.25) is 0 Å². The lowest BCUT2D eigenvalue weighted by Gasteiger charge is -2.10. The molecule has 0 atom stereocenters. The zero-order valence-electron chi connectivity index (χ0n) is 10.6. The maximum absolute atomic E-state index is 12.4. The van der Waals surface area contributed by atoms with E-state index in [4.69, 9.17) is 5.73 Å². The van der Waals surface area contributed by atoms with Gasteiger partial charge in [0.25, 0.3) is 9.84 Å². The third-order valence-corrected chi connectivity index (χ3v) is 4.15. The molecule has 0 fully saturated rings. The summed E-state index contributed by atoms with van der Waals surface area (Å²) in [5.41, 5.74) is 1.90. The fourth-order valence-corrected chi connectivity index (χ4v) is 2.40. The maximum atomic E-state index is 12.4. The second-order valence-corrected chi connectivity index (χ2v) is 6.17. The van der Waals surface area contributed by atoms with E-state index in [1.165, 1.54) is 12.1 Å². The van der Waals surface area contributed by atoms with Crippen LogP contribution in [0.15, 0.2) is 53.4 Å². The maximum Gasteiger partial charge on any atom is 0.501 e. The summed E-state index contributed by atoms with van der Waals surface area (Å²) in [6, 6.07) is 11.1. The van der Waals surface area contributed by atoms with Crippen LogP contribution in [0, 0.1) is 0 Å². The fraction of sp³-hybridized carbons (Fsp3) is 0.0769. The molecule has 0 aliphatic rings. The number of halogens is 3. The minimum absolute atomic E-state index is 0.446. The number of rotatable bonds is 3. The quantitative estimate of drug-likeness (QED) is 0.852. The number of nitrogens with two attached hydrogens (primary N) is 1. The van der Waals surface area contributed by atoms with Crippen LogP contribution in [0.3, 0.4) is 0 Å². The Morgan fingerprint density at radius 2 is 1.57 bits per heavy atom. The van der Waals surface area contributed by atoms with E-state index in [-0.39, 0.29) is 0 Å². The van der Waals surface area contributed by atoms with Gasteiger partial charge in [-0.2, -0.15) is 13.2 Å². The molecule has 0 saturated heterocycles. The number of nitrogens with one attached hydrogen (secondary N) is 1. The Bertz CT molecular complexity index is 741. The number of hydrogen-bond acceptors (Lipinski definition) is 4. The van der Waals surface area contributed by atoms with Gasteiger partial charge in [0.1, 0.15) is 0 Å². The van der Waals surface area contributed by atoms with E-state index in [1.54, 1.807) is 24.3 Å². The van der Waals surface area contributed by atoms with Gasteiger partial charge in [-0.1, -0.05) is 6.07 Å². The van der Waals surface area contributed by atoms with Gasteiger partial charge in [-0.25, -0.2) is 8.42 Å². The Morgan fingerprint density at radius 3 is 2.10 bits per heavy atom. The molecule has 0 heterocycles. The van der Waals surface area contributed by atoms with Crippen LogP contribution in [0.5, 0.6) is 0 Å². The van der Waals surface area contributed by atoms with Crippen molar-refractivity contribution >= 4 is 26.9 Å². The molecule has 0 bridgehead atoms. The predicted molar refractivity (Wildman–Crippen MR) is 73.8 cm³/mol. The summed E-state index contributed by atoms with van der Waals surface area (Å²) < 4.78 is 59.6. The first kappa shape index (κ1) is 15.2. The molecule has 0 spiro atoms. The van der Waals surface area contributed by atoms with Crippen molar-refractivity contribution in [3.63, 3.8) is 0 Å². The van der Waals surface area contributed by atoms with Crippen molar-refractivity contribution in [2.75, 3.05) is 11.1 Å². The number of alkyl halides is 3. The summed E-state index contributed by atoms with van der Waals surface area (Å²) in [4.78, 5) is -0.798. The van der Waals surface area contributed by atoms with Gasteiger partial charge in [0.15, 0.2) is 0 Å². The first-order chi connectivity index (χ1) is 9.70. The summed E-state index contributed by atoms with van der Waals surface area (Å²) in [5.74, 6) is 0. The predicted octanol–water partition coefficient (Wildman–Crippen LogP) is 3.31. The van der Waals surface area contributed by atoms with Gasteiger partial charge in [-0.15, -0.1) is 0 Å². The van der Waals surface area contributed by atoms with Crippen LogP contribution < -0.4 is 11.1 Å². The SMILES string of the molecule is Nc1cccc(Nc2ccc(S(=O)(=O)C(F)(F)F)cc2)c1. The molecule has 0 unspecified atom stereocenters. The van der Waals surface area contributed by atoms with Crippen molar-refractivity contribution in [2.24, 2.45) is 0 Å². The Morgan fingerprint density at radius 1 is 0.952 bits per heavy atom. The highest BCUT2D eigenvalue weighted by molar-refractivity contribution is 7.92. The molecular weight excluding hydrogens is 305 g/mol. The monoisotopic (exact) mass is 316 g/mol. The fourth-order valence-electron chi connectivity index (χ4n) is 1.63. The van der Waals surface area contributed by atoms with Gasteiger partial charge < -0.3 is 11.1 Å². The minimum atomic E-state index is -5.32. The summed E-state index contributed by atoms with van der Waals surface area (Å²) in [6.07, 6.45) is 0. The molecule has 0 aliphatic carbocycles. The van der Waals surface area contributed by atoms with Crippen LogP contribution in [0.25, 0.3) is 0 Å². The highest BCUT2D eigenvalue weighted by Crippen LogP contribution is 2.31. The van der Waals surface area contributed by atoms with Crippen molar-refractivity contribution in [1.29, 1.82) is 0 Å². The van der Waals surface area contributed by atoms with Crippen LogP contribution in [0.1, 0.15) is 0 Å². The number of benzene rings is 2. The van der Waals surface area contributed by atoms with Crippen molar-refractivity contribution in [3.05, 3.63) is 48.5 Å². The third kappa shape index (κ3) is 3.27. The van der Waals surface area contributed by atoms with Crippen LogP contribution in [0.2, 0.25) is 0 Å². The highest BCUT2D eigenvalue weighted by atomic mass is 32.2. The first-order valence-corrected chi connectivity index (χ1v) is 7.22. The molecule has 0 aliphatic heterocycles. The molecule has 2 aromatic rings. The number of sulfone groups is 1. The smallest absolute Gasteiger partial charge is 0.399 e. The molecule has 2 rings (SSSR count). The Kier molecular flexibility index (Phi) is 3.82. The number of hydrogen-bond donors (Lipinski definition) is 2. The lowest BCUT2D eigenvalue weighted by Crippen LogP contribution is -2.23. The number of nitrogen functional groups attached to an aromatic ring is 1. The van der Waals surface area contributed by atoms with E-state index in [0.717, 1.165) is 12.1 Å². The van der Waals surface area contributed by atoms with Crippen molar-refractivity contribution < 1.29 is 21.6 Å². The van der Waals surface area contributed by atoms with Crippen molar-refractivity contribution in [3.8, 4) is 0 Å². The molecule has 2 aromatic carbocycles. The molecule has 0 radical (unpaired) electrons. The highest BCUT2D eigenvalue weighted by Gasteiger charge is 2.46. The first-order valence-electron chi connectivity index (χ1n) is 5.74. The van der Waals surface area contributed by atoms with Crippen LogP contribution in [0.4, 0.5) is 30.2 Å². The van der Waals surface area contributed by atoms with Gasteiger partial charge in [0.05, 0.1) is 4.90 Å². The lowest BCUT2D eigenvalue weighted by molar-refractivity contribution is -0.0436. The molecule has 0 aromatic heterocycles. The lowest BCUT2D eigenvalue weighted by atomic mass is 10.2. The standard InChI is InChI=1S/C13H11F3N2O2S/c14-13(15,16)21(19,20)12-6-4-10(5-7-12)18-11-3-1-2-9(17)8-11/h1-8,18H,17H2. The van der Waals surface area contributed by atoms with Crippen LogP contribution in [-0.2, 0) is 9.84 Å². The summed E-state index contributed by atoms with van der Waals surface area (Å²) in [5, 5.41) is 2.91. The molecule has 3 N–H and O–H groups in total. The molecular formula is C13H11F3N2O2S. The molecule has 8 heteroatoms. The van der Waals surface area contributed by atoms with Crippen molar-refractivity contribution in [2.45, 2.75) is 10.4 Å². The summed E-state index contributed by atoms with van der Waals surface area (Å²) >= 11 is 0. The van der Waals surface area contributed by atoms with E-state index in [1.807, 2.05) is 0 Å². The van der Waals surface area contributed by atoms with Gasteiger partial charge in [-0.05, 0) is 42.5 Å². The van der Waals surface area contributed by atoms with Gasteiger partial charge >= 0.3 is 5.51 Å². The van der Waals surface area contributed by atoms with E-state index in [0.29, 0.717) is 17.1 Å². The minimum Gasteiger partial charge on any atom is -0.399 e. The average Bonchev–Trinajstić information content (AvgIpc) is 2.38. The largest absolute Gasteiger partial charge is 0.501 e. The van der Waals surface area contributed by atoms with Crippen LogP contribution in [-0.4, -0.2) is 13.9 Å². The normalized spacial score (nSPS) is 12.1. The molecule has 0 saturated carbocycles. The molecule has 0 amide bonds. The Labute approximate surface area is 119 Å². The topological polar surface area (TPSA) is 72.2 Å². The second kappa shape index (κ2) is 5.28. The van der Waals surface area contributed by atoms with Gasteiger partial charge in [-0.3, -0.25) is 0 Å². The van der Waals surface area contributed by atoms with Crippen molar-refractivity contribution in [1.82, 2.24) is 0 Å². The summed E-state index contributed by atoms with van der Waals surface area (Å²) in [6.45, 7) is 0. The van der Waals surface area contributed by atoms with E-state index >= 15 is 0 Å². The summed E-state index contributed by atoms with van der Waals surface area (Å²) in [7, 11) is -5.32. The number of anilines is 3. The van der Waals surface area contributed by atoms with E-state index in [9.17, 15) is 21.6 Å². The average molecular weight is 316 g/mol. The Balaban J connectivity index is 2.24. The molecule has 4 nitrogen and oxygen atoms in total. The molecule has 112 valence electrons. The third-order valence-electron chi connectivity index (χ3n) is 2.64. The molecule has 21 heavy (non-hydrogen) atoms. The zero-order valence-corrected chi connectivity index (χ0v) is 11.4. The van der Waals surface area contributed by atoms with E-state index in [2.05, 4.69) is 5.32 Å². The second-order valence-electron chi connectivity index (χ2n) is 4.22. The van der Waals surface area contributed by atoms with Crippen LogP contribution >= 0.6 is 0 Å². The van der Waals surface area contributed by atoms with Gasteiger partial charge in [0, 0.05) is 17.1 Å². The zero-order chi connectivity index (χ0) is 15.7. The Hall–Kier alpha value is -2.22. The van der Waals surface area contributed by atoms with E-state index < -0.39 is 20.2 Å².